The van der Waals surface area contributed by atoms with Crippen molar-refractivity contribution in [2.45, 2.75) is 51.7 Å². The van der Waals surface area contributed by atoms with E-state index in [4.69, 9.17) is 4.74 Å². The van der Waals surface area contributed by atoms with Crippen LogP contribution in [0, 0.1) is 11.8 Å². The predicted molar refractivity (Wildman–Crippen MR) is 206 cm³/mol. The molecular formula is C45H48N2O5. The highest BCUT2D eigenvalue weighted by Gasteiger charge is 2.34. The standard InChI is InChI=1S/C45H48N2O5/c1-33(2)30-47(31-40(27-26-34-16-7-3-8-17-34)44(50)52-32-36-20-11-5-12-21-36)45(51)46-42(43(48)49)41(28-35-18-9-4-10-19-35)39-25-15-24-38(29-39)37-22-13-6-14-23-37/h3-25,29,33,40-42H,26-28,30-32H2,1-2H3,(H,46,51)(H,48,49)/t40-,41-,42+/m0/s1. The van der Waals surface area contributed by atoms with Crippen LogP contribution in [0.1, 0.15) is 48.4 Å². The maximum absolute atomic E-state index is 14.3. The fourth-order valence-corrected chi connectivity index (χ4v) is 6.50. The Morgan fingerprint density at radius 1 is 0.673 bits per heavy atom. The number of hydrogen-bond acceptors (Lipinski definition) is 4. The van der Waals surface area contributed by atoms with E-state index in [2.05, 4.69) is 5.32 Å². The highest BCUT2D eigenvalue weighted by molar-refractivity contribution is 5.84. The Balaban J connectivity index is 1.42. The van der Waals surface area contributed by atoms with Crippen molar-refractivity contribution in [1.82, 2.24) is 10.2 Å². The first-order valence-corrected chi connectivity index (χ1v) is 18.0. The second-order valence-corrected chi connectivity index (χ2v) is 13.7. The van der Waals surface area contributed by atoms with Gasteiger partial charge in [0.15, 0.2) is 0 Å². The minimum absolute atomic E-state index is 0.0619. The van der Waals surface area contributed by atoms with E-state index in [0.29, 0.717) is 25.8 Å². The summed E-state index contributed by atoms with van der Waals surface area (Å²) >= 11 is 0. The zero-order chi connectivity index (χ0) is 36.7. The second kappa shape index (κ2) is 19.1. The Morgan fingerprint density at radius 3 is 1.83 bits per heavy atom. The van der Waals surface area contributed by atoms with E-state index in [9.17, 15) is 19.5 Å². The Kier molecular flexibility index (Phi) is 13.8. The summed E-state index contributed by atoms with van der Waals surface area (Å²) in [6.45, 7) is 4.54. The van der Waals surface area contributed by atoms with Crippen LogP contribution in [0.4, 0.5) is 4.79 Å². The van der Waals surface area contributed by atoms with E-state index in [1.54, 1.807) is 4.90 Å². The van der Waals surface area contributed by atoms with Crippen LogP contribution < -0.4 is 5.32 Å². The summed E-state index contributed by atoms with van der Waals surface area (Å²) in [6, 6.07) is 45.2. The Labute approximate surface area is 307 Å². The summed E-state index contributed by atoms with van der Waals surface area (Å²) in [5.74, 6) is -2.67. The van der Waals surface area contributed by atoms with Gasteiger partial charge in [0.1, 0.15) is 12.6 Å². The van der Waals surface area contributed by atoms with Gasteiger partial charge in [-0.15, -0.1) is 0 Å². The van der Waals surface area contributed by atoms with Gasteiger partial charge in [-0.05, 0) is 58.6 Å². The average Bonchev–Trinajstić information content (AvgIpc) is 3.17. The molecule has 7 nitrogen and oxygen atoms in total. The molecule has 268 valence electrons. The highest BCUT2D eigenvalue weighted by atomic mass is 16.5. The summed E-state index contributed by atoms with van der Waals surface area (Å²) in [7, 11) is 0. The monoisotopic (exact) mass is 696 g/mol. The molecule has 2 amide bonds. The van der Waals surface area contributed by atoms with Crippen LogP contribution in [0.15, 0.2) is 146 Å². The number of carboxylic acids is 1. The molecule has 7 heteroatoms. The minimum Gasteiger partial charge on any atom is -0.480 e. The number of carbonyl (C=O) groups is 3. The average molecular weight is 697 g/mol. The molecule has 0 saturated heterocycles. The third kappa shape index (κ3) is 11.2. The van der Waals surface area contributed by atoms with Gasteiger partial charge in [0.2, 0.25) is 0 Å². The lowest BCUT2D eigenvalue weighted by molar-refractivity contribution is -0.150. The van der Waals surface area contributed by atoms with Gasteiger partial charge in [-0.1, -0.05) is 159 Å². The molecule has 5 aromatic carbocycles. The molecule has 3 atom stereocenters. The van der Waals surface area contributed by atoms with Gasteiger partial charge in [0.25, 0.3) is 0 Å². The number of ether oxygens (including phenoxy) is 1. The molecule has 2 N–H and O–H groups in total. The molecule has 0 bridgehead atoms. The number of carboxylic acid groups (broad SMARTS) is 1. The molecule has 5 aromatic rings. The fourth-order valence-electron chi connectivity index (χ4n) is 6.50. The van der Waals surface area contributed by atoms with Crippen molar-refractivity contribution in [3.63, 3.8) is 0 Å². The van der Waals surface area contributed by atoms with Gasteiger partial charge in [-0.2, -0.15) is 0 Å². The van der Waals surface area contributed by atoms with Crippen LogP contribution in [0.25, 0.3) is 11.1 Å². The van der Waals surface area contributed by atoms with E-state index in [1.165, 1.54) is 0 Å². The molecule has 52 heavy (non-hydrogen) atoms. The summed E-state index contributed by atoms with van der Waals surface area (Å²) in [4.78, 5) is 42.7. The number of urea groups is 1. The Hall–Kier alpha value is -5.69. The topological polar surface area (TPSA) is 95.9 Å². The Morgan fingerprint density at radius 2 is 1.23 bits per heavy atom. The lowest BCUT2D eigenvalue weighted by Gasteiger charge is -2.32. The quantitative estimate of drug-likeness (QED) is 0.0948. The summed E-state index contributed by atoms with van der Waals surface area (Å²) in [5.41, 5.74) is 5.69. The molecule has 0 saturated carbocycles. The van der Waals surface area contributed by atoms with Crippen LogP contribution in [0.5, 0.6) is 0 Å². The number of aryl methyl sites for hydroxylation is 1. The molecule has 0 radical (unpaired) electrons. The molecule has 0 heterocycles. The number of nitrogens with zero attached hydrogens (tertiary/aromatic N) is 1. The van der Waals surface area contributed by atoms with Gasteiger partial charge < -0.3 is 20.1 Å². The SMILES string of the molecule is CC(C)CN(C[C@H](CCc1ccccc1)C(=O)OCc1ccccc1)C(=O)N[C@@H](C(=O)O)[C@@H](Cc1ccccc1)c1cccc(-c2ccccc2)c1. The van der Waals surface area contributed by atoms with Crippen molar-refractivity contribution < 1.29 is 24.2 Å². The van der Waals surface area contributed by atoms with Gasteiger partial charge in [-0.25, -0.2) is 9.59 Å². The van der Waals surface area contributed by atoms with E-state index >= 15 is 0 Å². The molecule has 0 unspecified atom stereocenters. The second-order valence-electron chi connectivity index (χ2n) is 13.7. The number of aliphatic carboxylic acids is 1. The molecule has 0 aliphatic heterocycles. The molecule has 0 aliphatic rings. The molecule has 0 aliphatic carbocycles. The predicted octanol–water partition coefficient (Wildman–Crippen LogP) is 8.79. The number of nitrogens with one attached hydrogen (secondary N) is 1. The number of hydrogen-bond donors (Lipinski definition) is 2. The van der Waals surface area contributed by atoms with Crippen LogP contribution >= 0.6 is 0 Å². The zero-order valence-electron chi connectivity index (χ0n) is 29.9. The molecule has 0 aromatic heterocycles. The fraction of sp³-hybridized carbons (Fsp3) is 0.267. The first-order valence-electron chi connectivity index (χ1n) is 18.0. The number of esters is 1. The van der Waals surface area contributed by atoms with Crippen LogP contribution in [-0.2, 0) is 33.8 Å². The smallest absolute Gasteiger partial charge is 0.326 e. The first-order chi connectivity index (χ1) is 25.3. The highest BCUT2D eigenvalue weighted by Crippen LogP contribution is 2.30. The lowest BCUT2D eigenvalue weighted by atomic mass is 9.84. The number of carbonyl (C=O) groups excluding carboxylic acids is 2. The third-order valence-corrected chi connectivity index (χ3v) is 9.16. The van der Waals surface area contributed by atoms with Crippen molar-refractivity contribution in [2.75, 3.05) is 13.1 Å². The van der Waals surface area contributed by atoms with Gasteiger partial charge in [0, 0.05) is 19.0 Å². The van der Waals surface area contributed by atoms with Crippen LogP contribution in [0.3, 0.4) is 0 Å². The third-order valence-electron chi connectivity index (χ3n) is 9.16. The van der Waals surface area contributed by atoms with Crippen molar-refractivity contribution in [2.24, 2.45) is 11.8 Å². The van der Waals surface area contributed by atoms with Crippen molar-refractivity contribution in [1.29, 1.82) is 0 Å². The summed E-state index contributed by atoms with van der Waals surface area (Å²) in [6.07, 6.45) is 1.48. The van der Waals surface area contributed by atoms with Crippen molar-refractivity contribution >= 4 is 18.0 Å². The van der Waals surface area contributed by atoms with Gasteiger partial charge in [0.05, 0.1) is 5.92 Å². The number of benzene rings is 5. The van der Waals surface area contributed by atoms with E-state index in [-0.39, 0.29) is 19.1 Å². The number of amides is 2. The van der Waals surface area contributed by atoms with Gasteiger partial charge in [-0.3, -0.25) is 4.79 Å². The van der Waals surface area contributed by atoms with Crippen LogP contribution in [-0.4, -0.2) is 47.1 Å². The number of rotatable bonds is 17. The largest absolute Gasteiger partial charge is 0.480 e. The minimum atomic E-state index is -1.25. The van der Waals surface area contributed by atoms with Crippen molar-refractivity contribution in [3.8, 4) is 11.1 Å². The lowest BCUT2D eigenvalue weighted by Crippen LogP contribution is -2.53. The Bertz CT molecular complexity index is 1850. The van der Waals surface area contributed by atoms with E-state index < -0.39 is 35.8 Å². The van der Waals surface area contributed by atoms with E-state index in [1.807, 2.05) is 159 Å². The first kappa shape index (κ1) is 37.6. The normalized spacial score (nSPS) is 12.8. The van der Waals surface area contributed by atoms with E-state index in [0.717, 1.165) is 33.4 Å². The van der Waals surface area contributed by atoms with Crippen molar-refractivity contribution in [3.05, 3.63) is 168 Å². The zero-order valence-corrected chi connectivity index (χ0v) is 29.9. The molecular weight excluding hydrogens is 649 g/mol. The van der Waals surface area contributed by atoms with Gasteiger partial charge >= 0.3 is 18.0 Å². The molecule has 0 spiro atoms. The maximum atomic E-state index is 14.3. The summed E-state index contributed by atoms with van der Waals surface area (Å²) in [5, 5.41) is 13.6. The van der Waals surface area contributed by atoms with Crippen LogP contribution in [0.2, 0.25) is 0 Å². The summed E-state index contributed by atoms with van der Waals surface area (Å²) < 4.78 is 5.80. The maximum Gasteiger partial charge on any atom is 0.326 e. The molecule has 5 rings (SSSR count). The molecule has 0 fully saturated rings.